The number of nitrogens with zero attached hydrogens (tertiary/aromatic N) is 2. The molecule has 0 bridgehead atoms. The first kappa shape index (κ1) is 16.6. The van der Waals surface area contributed by atoms with E-state index in [9.17, 15) is 4.79 Å². The molecule has 1 aromatic rings. The number of hydrogen-bond acceptors (Lipinski definition) is 2. The van der Waals surface area contributed by atoms with Gasteiger partial charge in [-0.15, -0.1) is 0 Å². The second kappa shape index (κ2) is 7.45. The first-order chi connectivity index (χ1) is 10.0. The molecule has 1 saturated heterocycles. The van der Waals surface area contributed by atoms with Crippen molar-refractivity contribution >= 4 is 21.8 Å². The molecule has 0 saturated carbocycles. The van der Waals surface area contributed by atoms with Gasteiger partial charge in [-0.1, -0.05) is 6.92 Å². The van der Waals surface area contributed by atoms with E-state index in [1.807, 2.05) is 17.2 Å². The van der Waals surface area contributed by atoms with Gasteiger partial charge in [0.2, 0.25) is 0 Å². The largest absolute Gasteiger partial charge is 0.340 e. The molecular formula is C16H26BrN3O. The Hall–Kier alpha value is -0.810. The fourth-order valence-corrected chi connectivity index (χ4v) is 3.37. The second-order valence-electron chi connectivity index (χ2n) is 6.09. The van der Waals surface area contributed by atoms with E-state index in [0.29, 0.717) is 6.04 Å². The third-order valence-corrected chi connectivity index (χ3v) is 4.41. The van der Waals surface area contributed by atoms with E-state index in [0.717, 1.165) is 36.2 Å². The summed E-state index contributed by atoms with van der Waals surface area (Å²) >= 11 is 3.49. The maximum Gasteiger partial charge on any atom is 0.270 e. The second-order valence-corrected chi connectivity index (χ2v) is 7.00. The number of hydrogen-bond donors (Lipinski definition) is 1. The lowest BCUT2D eigenvalue weighted by Crippen LogP contribution is -2.42. The lowest BCUT2D eigenvalue weighted by molar-refractivity contribution is 0.0729. The topological polar surface area (TPSA) is 37.3 Å². The fraction of sp³-hybridized carbons (Fsp3) is 0.688. The molecule has 2 rings (SSSR count). The molecule has 1 aliphatic heterocycles. The van der Waals surface area contributed by atoms with Crippen molar-refractivity contribution in [2.75, 3.05) is 19.6 Å². The maximum absolute atomic E-state index is 12.9. The van der Waals surface area contributed by atoms with Crippen LogP contribution in [0.25, 0.3) is 0 Å². The van der Waals surface area contributed by atoms with Crippen LogP contribution in [-0.4, -0.2) is 41.1 Å². The molecule has 0 aromatic carbocycles. The highest BCUT2D eigenvalue weighted by Gasteiger charge is 2.24. The molecule has 0 aliphatic carbocycles. The third kappa shape index (κ3) is 4.10. The summed E-state index contributed by atoms with van der Waals surface area (Å²) in [6.07, 6.45) is 5.37. The van der Waals surface area contributed by atoms with E-state index in [2.05, 4.69) is 46.6 Å². The van der Waals surface area contributed by atoms with Crippen LogP contribution >= 0.6 is 15.9 Å². The van der Waals surface area contributed by atoms with Crippen molar-refractivity contribution in [3.8, 4) is 0 Å². The molecular weight excluding hydrogens is 330 g/mol. The van der Waals surface area contributed by atoms with Gasteiger partial charge in [0.25, 0.3) is 5.91 Å². The summed E-state index contributed by atoms with van der Waals surface area (Å²) in [6, 6.07) is 2.67. The van der Waals surface area contributed by atoms with Gasteiger partial charge in [0, 0.05) is 35.8 Å². The molecule has 21 heavy (non-hydrogen) atoms. The first-order valence-electron chi connectivity index (χ1n) is 7.93. The highest BCUT2D eigenvalue weighted by atomic mass is 79.9. The van der Waals surface area contributed by atoms with E-state index in [-0.39, 0.29) is 11.9 Å². The van der Waals surface area contributed by atoms with Gasteiger partial charge in [-0.3, -0.25) is 4.79 Å². The van der Waals surface area contributed by atoms with Gasteiger partial charge in [-0.2, -0.15) is 0 Å². The van der Waals surface area contributed by atoms with Crippen LogP contribution in [-0.2, 0) is 0 Å². The number of halogens is 1. The monoisotopic (exact) mass is 355 g/mol. The summed E-state index contributed by atoms with van der Waals surface area (Å²) in [6.45, 7) is 9.04. The minimum Gasteiger partial charge on any atom is -0.340 e. The third-order valence-electron chi connectivity index (χ3n) is 3.97. The number of carbonyl (C=O) groups is 1. The van der Waals surface area contributed by atoms with Crippen molar-refractivity contribution < 1.29 is 4.79 Å². The Bertz CT molecular complexity index is 478. The molecule has 1 aliphatic rings. The summed E-state index contributed by atoms with van der Waals surface area (Å²) in [5.74, 6) is 0.143. The van der Waals surface area contributed by atoms with E-state index in [1.165, 1.54) is 12.8 Å². The quantitative estimate of drug-likeness (QED) is 0.848. The van der Waals surface area contributed by atoms with Crippen LogP contribution in [0.15, 0.2) is 16.7 Å². The molecule has 1 unspecified atom stereocenters. The molecule has 1 N–H and O–H groups in total. The molecule has 5 heteroatoms. The van der Waals surface area contributed by atoms with Crippen LogP contribution < -0.4 is 5.32 Å². The highest BCUT2D eigenvalue weighted by molar-refractivity contribution is 9.10. The van der Waals surface area contributed by atoms with Gasteiger partial charge < -0.3 is 14.8 Å². The standard InChI is InChI=1S/C16H26BrN3O/c1-4-8-19(11-14-6-5-7-18-14)16(21)15-9-13(17)10-20(15)12(2)3/h9-10,12,14,18H,4-8,11H2,1-3H3. The Morgan fingerprint density at radius 1 is 1.57 bits per heavy atom. The minimum absolute atomic E-state index is 0.143. The average Bonchev–Trinajstić information content (AvgIpc) is 3.06. The number of aromatic nitrogens is 1. The molecule has 1 aromatic heterocycles. The number of carbonyl (C=O) groups excluding carboxylic acids is 1. The maximum atomic E-state index is 12.9. The Balaban J connectivity index is 2.17. The van der Waals surface area contributed by atoms with E-state index < -0.39 is 0 Å². The van der Waals surface area contributed by atoms with Crippen molar-refractivity contribution in [1.29, 1.82) is 0 Å². The fourth-order valence-electron chi connectivity index (χ4n) is 2.93. The SMILES string of the molecule is CCCN(CC1CCCN1)C(=O)c1cc(Br)cn1C(C)C. The zero-order valence-corrected chi connectivity index (χ0v) is 14.8. The van der Waals surface area contributed by atoms with Gasteiger partial charge >= 0.3 is 0 Å². The molecule has 0 spiro atoms. The van der Waals surface area contributed by atoms with Crippen molar-refractivity contribution in [1.82, 2.24) is 14.8 Å². The van der Waals surface area contributed by atoms with Crippen LogP contribution in [0.3, 0.4) is 0 Å². The predicted molar refractivity (Wildman–Crippen MR) is 89.7 cm³/mol. The lowest BCUT2D eigenvalue weighted by atomic mass is 10.2. The predicted octanol–water partition coefficient (Wildman–Crippen LogP) is 3.44. The Kier molecular flexibility index (Phi) is 5.88. The van der Waals surface area contributed by atoms with Crippen molar-refractivity contribution in [2.45, 2.75) is 52.1 Å². The summed E-state index contributed by atoms with van der Waals surface area (Å²) < 4.78 is 3.02. The van der Waals surface area contributed by atoms with Crippen LogP contribution in [0, 0.1) is 0 Å². The van der Waals surface area contributed by atoms with Crippen molar-refractivity contribution in [2.24, 2.45) is 0 Å². The zero-order chi connectivity index (χ0) is 15.4. The molecule has 118 valence electrons. The van der Waals surface area contributed by atoms with Gasteiger partial charge in [0.05, 0.1) is 0 Å². The van der Waals surface area contributed by atoms with Gasteiger partial charge in [0.15, 0.2) is 0 Å². The molecule has 1 atom stereocenters. The Morgan fingerprint density at radius 3 is 2.90 bits per heavy atom. The van der Waals surface area contributed by atoms with Crippen molar-refractivity contribution in [3.63, 3.8) is 0 Å². The normalized spacial score (nSPS) is 18.4. The van der Waals surface area contributed by atoms with E-state index >= 15 is 0 Å². The lowest BCUT2D eigenvalue weighted by Gasteiger charge is -2.26. The number of amides is 1. The van der Waals surface area contributed by atoms with Crippen LogP contribution in [0.1, 0.15) is 56.6 Å². The van der Waals surface area contributed by atoms with E-state index in [1.54, 1.807) is 0 Å². The molecule has 4 nitrogen and oxygen atoms in total. The smallest absolute Gasteiger partial charge is 0.270 e. The summed E-state index contributed by atoms with van der Waals surface area (Å²) in [5, 5.41) is 3.48. The molecule has 0 radical (unpaired) electrons. The van der Waals surface area contributed by atoms with Crippen LogP contribution in [0.2, 0.25) is 0 Å². The van der Waals surface area contributed by atoms with Crippen molar-refractivity contribution in [3.05, 3.63) is 22.4 Å². The molecule has 1 fully saturated rings. The van der Waals surface area contributed by atoms with Gasteiger partial charge in [-0.25, -0.2) is 0 Å². The summed E-state index contributed by atoms with van der Waals surface area (Å²) in [7, 11) is 0. The van der Waals surface area contributed by atoms with Gasteiger partial charge in [-0.05, 0) is 61.7 Å². The first-order valence-corrected chi connectivity index (χ1v) is 8.72. The zero-order valence-electron chi connectivity index (χ0n) is 13.2. The van der Waals surface area contributed by atoms with E-state index in [4.69, 9.17) is 0 Å². The van der Waals surface area contributed by atoms with Crippen LogP contribution in [0.4, 0.5) is 0 Å². The Morgan fingerprint density at radius 2 is 2.33 bits per heavy atom. The minimum atomic E-state index is 0.143. The van der Waals surface area contributed by atoms with Crippen LogP contribution in [0.5, 0.6) is 0 Å². The summed E-state index contributed by atoms with van der Waals surface area (Å²) in [5.41, 5.74) is 0.781. The summed E-state index contributed by atoms with van der Waals surface area (Å²) in [4.78, 5) is 14.9. The average molecular weight is 356 g/mol. The molecule has 2 heterocycles. The van der Waals surface area contributed by atoms with Gasteiger partial charge in [0.1, 0.15) is 5.69 Å². The number of nitrogens with one attached hydrogen (secondary N) is 1. The Labute approximate surface area is 136 Å². The molecule has 1 amide bonds. The number of rotatable bonds is 6. The highest BCUT2D eigenvalue weighted by Crippen LogP contribution is 2.21.